The molecule has 8 nitrogen and oxygen atoms in total. The Morgan fingerprint density at radius 1 is 1.05 bits per heavy atom. The number of hydrogen-bond donors (Lipinski definition) is 2. The number of aryl methyl sites for hydroxylation is 2. The van der Waals surface area contributed by atoms with Crippen molar-refractivity contribution in [1.82, 2.24) is 10.1 Å². The number of halogens is 2. The van der Waals surface area contributed by atoms with E-state index in [1.165, 1.54) is 18.2 Å². The average molecular weight is 539 g/mol. The van der Waals surface area contributed by atoms with Crippen LogP contribution >= 0.6 is 23.2 Å². The van der Waals surface area contributed by atoms with E-state index in [4.69, 9.17) is 37.2 Å². The third kappa shape index (κ3) is 4.58. The lowest BCUT2D eigenvalue weighted by atomic mass is 10.0. The SMILES string of the molecule is O=C(O)c1ccc2c(c1)Oc1ccc(OCc3c(-c4c(Cl)cc(O)cc4Cl)noc3C3CC3)nc1CC2. The number of fused-ring (bicyclic) bond motifs is 2. The van der Waals surface area contributed by atoms with Gasteiger partial charge in [0.2, 0.25) is 5.88 Å². The summed E-state index contributed by atoms with van der Waals surface area (Å²) in [7, 11) is 0. The molecule has 2 aromatic heterocycles. The summed E-state index contributed by atoms with van der Waals surface area (Å²) >= 11 is 12.8. The van der Waals surface area contributed by atoms with E-state index in [2.05, 4.69) is 10.1 Å². The first-order valence-electron chi connectivity index (χ1n) is 11.7. The molecule has 0 spiro atoms. The number of carboxylic acid groups (broad SMARTS) is 1. The number of benzene rings is 2. The lowest BCUT2D eigenvalue weighted by Crippen LogP contribution is -2.03. The zero-order valence-electron chi connectivity index (χ0n) is 19.3. The second-order valence-electron chi connectivity index (χ2n) is 9.05. The van der Waals surface area contributed by atoms with Crippen LogP contribution in [0.5, 0.6) is 23.1 Å². The number of aromatic nitrogens is 2. The molecule has 2 N–H and O–H groups in total. The Morgan fingerprint density at radius 3 is 2.57 bits per heavy atom. The predicted octanol–water partition coefficient (Wildman–Crippen LogP) is 6.79. The number of carbonyl (C=O) groups is 1. The number of hydrogen-bond acceptors (Lipinski definition) is 7. The number of aromatic hydroxyl groups is 1. The van der Waals surface area contributed by atoms with Crippen molar-refractivity contribution in [2.24, 2.45) is 0 Å². The topological polar surface area (TPSA) is 115 Å². The van der Waals surface area contributed by atoms with E-state index in [-0.39, 0.29) is 33.9 Å². The molecule has 37 heavy (non-hydrogen) atoms. The average Bonchev–Trinajstić information content (AvgIpc) is 3.65. The minimum Gasteiger partial charge on any atom is -0.508 e. The van der Waals surface area contributed by atoms with Crippen LogP contribution in [0.4, 0.5) is 0 Å². The standard InChI is InChI=1S/C27H20Cl2N2O6/c28-18-10-16(32)11-19(29)24(18)25-17(26(37-31-25)14-2-3-14)12-35-23-8-7-21-20(30-23)6-5-13-1-4-15(27(33)34)9-22(13)36-21/h1,4,7-11,14,32H,2-3,5-6,12H2,(H,33,34). The van der Waals surface area contributed by atoms with Crippen molar-refractivity contribution < 1.29 is 29.0 Å². The van der Waals surface area contributed by atoms with Gasteiger partial charge >= 0.3 is 5.97 Å². The number of phenols is 1. The van der Waals surface area contributed by atoms with Crippen molar-refractivity contribution in [3.63, 3.8) is 0 Å². The maximum absolute atomic E-state index is 11.3. The molecule has 0 saturated heterocycles. The Hall–Kier alpha value is -3.75. The molecular weight excluding hydrogens is 519 g/mol. The summed E-state index contributed by atoms with van der Waals surface area (Å²) in [5.74, 6) is 1.42. The second kappa shape index (κ2) is 9.28. The fourth-order valence-corrected chi connectivity index (χ4v) is 5.09. The first-order chi connectivity index (χ1) is 17.9. The maximum atomic E-state index is 11.3. The summed E-state index contributed by atoms with van der Waals surface area (Å²) < 4.78 is 17.8. The molecule has 0 unspecified atom stereocenters. The van der Waals surface area contributed by atoms with Crippen LogP contribution in [-0.4, -0.2) is 26.3 Å². The third-order valence-electron chi connectivity index (χ3n) is 6.47. The first-order valence-corrected chi connectivity index (χ1v) is 12.5. The first kappa shape index (κ1) is 23.6. The van der Waals surface area contributed by atoms with E-state index >= 15 is 0 Å². The summed E-state index contributed by atoms with van der Waals surface area (Å²) in [6.45, 7) is 0.132. The van der Waals surface area contributed by atoms with Crippen molar-refractivity contribution in [3.8, 4) is 34.4 Å². The Kier molecular flexibility index (Phi) is 5.93. The Morgan fingerprint density at radius 2 is 1.84 bits per heavy atom. The molecule has 0 amide bonds. The fraction of sp³-hybridized carbons (Fsp3) is 0.222. The van der Waals surface area contributed by atoms with Crippen molar-refractivity contribution in [2.75, 3.05) is 0 Å². The van der Waals surface area contributed by atoms with Gasteiger partial charge in [0.05, 0.1) is 26.9 Å². The highest BCUT2D eigenvalue weighted by molar-refractivity contribution is 6.39. The van der Waals surface area contributed by atoms with Crippen LogP contribution in [0.2, 0.25) is 10.0 Å². The van der Waals surface area contributed by atoms with Gasteiger partial charge in [-0.15, -0.1) is 0 Å². The molecule has 10 heteroatoms. The minimum atomic E-state index is -1.01. The second-order valence-corrected chi connectivity index (χ2v) is 9.86. The number of pyridine rings is 1. The van der Waals surface area contributed by atoms with Crippen LogP contribution in [0.1, 0.15) is 51.7 Å². The molecule has 1 saturated carbocycles. The molecule has 188 valence electrons. The van der Waals surface area contributed by atoms with Gasteiger partial charge in [0.1, 0.15) is 35.3 Å². The highest BCUT2D eigenvalue weighted by Gasteiger charge is 2.34. The van der Waals surface area contributed by atoms with Gasteiger partial charge in [-0.05, 0) is 61.6 Å². The number of rotatable bonds is 6. The van der Waals surface area contributed by atoms with Gasteiger partial charge in [0.15, 0.2) is 0 Å². The van der Waals surface area contributed by atoms with Crippen molar-refractivity contribution >= 4 is 29.2 Å². The van der Waals surface area contributed by atoms with Gasteiger partial charge in [0.25, 0.3) is 0 Å². The predicted molar refractivity (Wildman–Crippen MR) is 135 cm³/mol. The van der Waals surface area contributed by atoms with Crippen LogP contribution in [0.15, 0.2) is 47.0 Å². The van der Waals surface area contributed by atoms with E-state index in [0.29, 0.717) is 47.2 Å². The lowest BCUT2D eigenvalue weighted by molar-refractivity contribution is 0.0696. The van der Waals surface area contributed by atoms with Gasteiger partial charge < -0.3 is 24.2 Å². The molecule has 3 heterocycles. The highest BCUT2D eigenvalue weighted by atomic mass is 35.5. The van der Waals surface area contributed by atoms with Crippen molar-refractivity contribution in [1.29, 1.82) is 0 Å². The molecule has 6 rings (SSSR count). The molecule has 1 aliphatic heterocycles. The Balaban J connectivity index is 1.27. The van der Waals surface area contributed by atoms with Crippen LogP contribution in [0.3, 0.4) is 0 Å². The van der Waals surface area contributed by atoms with E-state index in [0.717, 1.165) is 29.7 Å². The van der Waals surface area contributed by atoms with Gasteiger partial charge in [-0.1, -0.05) is 34.4 Å². The van der Waals surface area contributed by atoms with E-state index in [1.54, 1.807) is 24.3 Å². The van der Waals surface area contributed by atoms with Crippen LogP contribution < -0.4 is 9.47 Å². The summed E-state index contributed by atoms with van der Waals surface area (Å²) in [6, 6.07) is 11.2. The lowest BCUT2D eigenvalue weighted by Gasteiger charge is -2.12. The molecule has 2 aromatic carbocycles. The third-order valence-corrected chi connectivity index (χ3v) is 7.06. The van der Waals surface area contributed by atoms with E-state index in [1.807, 2.05) is 0 Å². The molecule has 0 atom stereocenters. The van der Waals surface area contributed by atoms with Crippen LogP contribution in [-0.2, 0) is 19.4 Å². The van der Waals surface area contributed by atoms with Crippen LogP contribution in [0.25, 0.3) is 11.3 Å². The molecule has 1 aliphatic carbocycles. The zero-order chi connectivity index (χ0) is 25.7. The van der Waals surface area contributed by atoms with Crippen molar-refractivity contribution in [2.45, 2.75) is 38.2 Å². The molecule has 4 aromatic rings. The van der Waals surface area contributed by atoms with E-state index < -0.39 is 5.97 Å². The monoisotopic (exact) mass is 538 g/mol. The van der Waals surface area contributed by atoms with Crippen LogP contribution in [0, 0.1) is 0 Å². The zero-order valence-corrected chi connectivity index (χ0v) is 20.8. The number of nitrogens with zero attached hydrogens (tertiary/aromatic N) is 2. The molecule has 0 bridgehead atoms. The fourth-order valence-electron chi connectivity index (χ4n) is 4.44. The smallest absolute Gasteiger partial charge is 0.335 e. The normalized spacial score (nSPS) is 14.3. The Labute approximate surface area is 221 Å². The number of carboxylic acids is 1. The molecule has 2 aliphatic rings. The summed E-state index contributed by atoms with van der Waals surface area (Å²) in [5.41, 5.74) is 3.47. The van der Waals surface area contributed by atoms with Gasteiger partial charge in [-0.3, -0.25) is 0 Å². The molecule has 1 fully saturated rings. The van der Waals surface area contributed by atoms with Gasteiger partial charge in [0, 0.05) is 17.5 Å². The van der Waals surface area contributed by atoms with Gasteiger partial charge in [-0.2, -0.15) is 0 Å². The quantitative estimate of drug-likeness (QED) is 0.275. The summed E-state index contributed by atoms with van der Waals surface area (Å²) in [6.07, 6.45) is 3.25. The Bertz CT molecular complexity index is 1520. The van der Waals surface area contributed by atoms with Gasteiger partial charge in [-0.25, -0.2) is 9.78 Å². The summed E-state index contributed by atoms with van der Waals surface area (Å²) in [4.78, 5) is 16.0. The number of phenolic OH excluding ortho intramolecular Hbond substituents is 1. The summed E-state index contributed by atoms with van der Waals surface area (Å²) in [5, 5.41) is 23.9. The number of ether oxygens (including phenoxy) is 2. The van der Waals surface area contributed by atoms with E-state index in [9.17, 15) is 15.0 Å². The minimum absolute atomic E-state index is 0.0415. The largest absolute Gasteiger partial charge is 0.508 e. The molecule has 0 radical (unpaired) electrons. The maximum Gasteiger partial charge on any atom is 0.335 e. The number of aromatic carboxylic acids is 1. The van der Waals surface area contributed by atoms with Crippen molar-refractivity contribution in [3.05, 3.63) is 80.7 Å². The molecular formula is C27H20Cl2N2O6. The highest BCUT2D eigenvalue weighted by Crippen LogP contribution is 2.46.